The zero-order chi connectivity index (χ0) is 13.6. The molecule has 0 aromatic heterocycles. The highest BCUT2D eigenvalue weighted by molar-refractivity contribution is 6.01. The zero-order valence-corrected chi connectivity index (χ0v) is 11.3. The average Bonchev–Trinajstić information content (AvgIpc) is 2.39. The first kappa shape index (κ1) is 12.5. The van der Waals surface area contributed by atoms with Crippen molar-refractivity contribution in [1.82, 2.24) is 4.90 Å². The number of likely N-dealkylation sites (tertiary alicyclic amines) is 1. The summed E-state index contributed by atoms with van der Waals surface area (Å²) < 4.78 is 5.22. The molecule has 1 saturated heterocycles. The van der Waals surface area contributed by atoms with E-state index < -0.39 is 0 Å². The van der Waals surface area contributed by atoms with E-state index in [9.17, 15) is 9.90 Å². The number of ether oxygens (including phenoxy) is 1. The van der Waals surface area contributed by atoms with Crippen LogP contribution >= 0.6 is 0 Å². The van der Waals surface area contributed by atoms with Crippen molar-refractivity contribution >= 4 is 5.78 Å². The van der Waals surface area contributed by atoms with Crippen molar-refractivity contribution in [1.29, 1.82) is 0 Å². The maximum Gasteiger partial charge on any atom is 0.167 e. The van der Waals surface area contributed by atoms with E-state index in [-0.39, 0.29) is 11.5 Å². The molecule has 4 nitrogen and oxygen atoms in total. The van der Waals surface area contributed by atoms with E-state index in [1.165, 1.54) is 6.07 Å². The van der Waals surface area contributed by atoms with Crippen molar-refractivity contribution in [2.45, 2.75) is 18.8 Å². The number of nitrogens with zero attached hydrogens (tertiary/aromatic N) is 1. The molecule has 0 saturated carbocycles. The SMILES string of the molecule is COc1cc(O)c2c(c1)[C@@H]1CN(C)CC[C@H]1CC2=O. The molecule has 1 fully saturated rings. The standard InChI is InChI=1S/C15H19NO3/c1-16-4-3-9-5-13(17)15-11(12(9)8-16)6-10(19-2)7-14(15)18/h6-7,9,12,18H,3-5,8H2,1-2H3/t9-,12+/m0/s1. The number of carbonyl (C=O) groups is 1. The van der Waals surface area contributed by atoms with E-state index in [0.29, 0.717) is 29.6 Å². The number of phenolic OH excluding ortho intramolecular Hbond substituents is 1. The van der Waals surface area contributed by atoms with Gasteiger partial charge in [-0.2, -0.15) is 0 Å². The van der Waals surface area contributed by atoms with Gasteiger partial charge in [0, 0.05) is 24.9 Å². The summed E-state index contributed by atoms with van der Waals surface area (Å²) in [7, 11) is 3.68. The summed E-state index contributed by atoms with van der Waals surface area (Å²) in [6.45, 7) is 1.98. The number of rotatable bonds is 1. The van der Waals surface area contributed by atoms with Crippen LogP contribution in [-0.2, 0) is 0 Å². The summed E-state index contributed by atoms with van der Waals surface area (Å²) in [5, 5.41) is 10.1. The van der Waals surface area contributed by atoms with Gasteiger partial charge in [-0.25, -0.2) is 0 Å². The Bertz CT molecular complexity index is 526. The van der Waals surface area contributed by atoms with Gasteiger partial charge in [0.25, 0.3) is 0 Å². The van der Waals surface area contributed by atoms with Crippen LogP contribution in [0, 0.1) is 5.92 Å². The van der Waals surface area contributed by atoms with Crippen LogP contribution in [0.5, 0.6) is 11.5 Å². The number of phenols is 1. The molecule has 0 radical (unpaired) electrons. The molecule has 1 aromatic rings. The predicted octanol–water partition coefficient (Wildman–Crippen LogP) is 2.02. The summed E-state index contributed by atoms with van der Waals surface area (Å²) in [5.74, 6) is 1.49. The molecular weight excluding hydrogens is 242 g/mol. The fourth-order valence-electron chi connectivity index (χ4n) is 3.44. The molecule has 2 atom stereocenters. The second-order valence-corrected chi connectivity index (χ2v) is 5.66. The van der Waals surface area contributed by atoms with E-state index in [4.69, 9.17) is 4.74 Å². The summed E-state index contributed by atoms with van der Waals surface area (Å²) in [6.07, 6.45) is 1.61. The summed E-state index contributed by atoms with van der Waals surface area (Å²) in [6, 6.07) is 3.45. The van der Waals surface area contributed by atoms with Crippen LogP contribution in [0.2, 0.25) is 0 Å². The highest BCUT2D eigenvalue weighted by Crippen LogP contribution is 2.45. The zero-order valence-electron chi connectivity index (χ0n) is 11.3. The van der Waals surface area contributed by atoms with Crippen LogP contribution in [0.3, 0.4) is 0 Å². The molecule has 102 valence electrons. The van der Waals surface area contributed by atoms with Crippen LogP contribution in [0.4, 0.5) is 0 Å². The Morgan fingerprint density at radius 3 is 2.95 bits per heavy atom. The molecule has 3 rings (SSSR count). The van der Waals surface area contributed by atoms with Crippen LogP contribution in [0.1, 0.15) is 34.7 Å². The van der Waals surface area contributed by atoms with E-state index in [1.54, 1.807) is 7.11 Å². The first-order valence-electron chi connectivity index (χ1n) is 6.72. The molecule has 4 heteroatoms. The fourth-order valence-corrected chi connectivity index (χ4v) is 3.44. The maximum absolute atomic E-state index is 12.2. The highest BCUT2D eigenvalue weighted by Gasteiger charge is 2.38. The van der Waals surface area contributed by atoms with E-state index in [0.717, 1.165) is 25.1 Å². The molecule has 1 N–H and O–H groups in total. The quantitative estimate of drug-likeness (QED) is 0.840. The molecule has 1 heterocycles. The third kappa shape index (κ3) is 2.00. The van der Waals surface area contributed by atoms with Crippen molar-refractivity contribution in [3.05, 3.63) is 23.3 Å². The van der Waals surface area contributed by atoms with Crippen molar-refractivity contribution in [2.75, 3.05) is 27.2 Å². The van der Waals surface area contributed by atoms with E-state index in [1.807, 2.05) is 6.07 Å². The van der Waals surface area contributed by atoms with Crippen molar-refractivity contribution < 1.29 is 14.6 Å². The van der Waals surface area contributed by atoms with E-state index in [2.05, 4.69) is 11.9 Å². The number of piperidine rings is 1. The predicted molar refractivity (Wildman–Crippen MR) is 72.0 cm³/mol. The number of carbonyl (C=O) groups excluding carboxylic acids is 1. The van der Waals surface area contributed by atoms with Crippen LogP contribution in [0.15, 0.2) is 12.1 Å². The van der Waals surface area contributed by atoms with Crippen molar-refractivity contribution in [3.63, 3.8) is 0 Å². The third-order valence-corrected chi connectivity index (χ3v) is 4.44. The Morgan fingerprint density at radius 1 is 1.42 bits per heavy atom. The largest absolute Gasteiger partial charge is 0.507 e. The van der Waals surface area contributed by atoms with E-state index >= 15 is 0 Å². The van der Waals surface area contributed by atoms with Crippen LogP contribution in [-0.4, -0.2) is 43.0 Å². The van der Waals surface area contributed by atoms with Gasteiger partial charge in [-0.1, -0.05) is 0 Å². The lowest BCUT2D eigenvalue weighted by Gasteiger charge is -2.40. The normalized spacial score (nSPS) is 26.7. The number of hydrogen-bond donors (Lipinski definition) is 1. The second-order valence-electron chi connectivity index (χ2n) is 5.66. The molecule has 0 unspecified atom stereocenters. The molecule has 19 heavy (non-hydrogen) atoms. The van der Waals surface area contributed by atoms with Gasteiger partial charge in [-0.3, -0.25) is 4.79 Å². The molecule has 0 bridgehead atoms. The smallest absolute Gasteiger partial charge is 0.167 e. The number of benzene rings is 1. The van der Waals surface area contributed by atoms with Gasteiger partial charge in [0.1, 0.15) is 11.5 Å². The second kappa shape index (κ2) is 4.53. The number of likely N-dealkylation sites (N-methyl/N-ethyl adjacent to an activating group) is 1. The number of ketones is 1. The van der Waals surface area contributed by atoms with Crippen LogP contribution < -0.4 is 4.74 Å². The Labute approximate surface area is 113 Å². The minimum Gasteiger partial charge on any atom is -0.507 e. The summed E-state index contributed by atoms with van der Waals surface area (Å²) in [5.41, 5.74) is 1.47. The summed E-state index contributed by atoms with van der Waals surface area (Å²) in [4.78, 5) is 14.5. The number of fused-ring (bicyclic) bond motifs is 3. The van der Waals surface area contributed by atoms with Gasteiger partial charge < -0.3 is 14.7 Å². The average molecular weight is 261 g/mol. The number of Topliss-reactive ketones (excluding diaryl/α,β-unsaturated/α-hetero) is 1. The topological polar surface area (TPSA) is 49.8 Å². The fraction of sp³-hybridized carbons (Fsp3) is 0.533. The lowest BCUT2D eigenvalue weighted by Crippen LogP contribution is -2.40. The molecular formula is C15H19NO3. The molecule has 1 aromatic carbocycles. The Morgan fingerprint density at radius 2 is 2.21 bits per heavy atom. The highest BCUT2D eigenvalue weighted by atomic mass is 16.5. The third-order valence-electron chi connectivity index (χ3n) is 4.44. The minimum absolute atomic E-state index is 0.0611. The lowest BCUT2D eigenvalue weighted by atomic mass is 9.71. The Balaban J connectivity index is 2.11. The minimum atomic E-state index is 0.0611. The van der Waals surface area contributed by atoms with Crippen molar-refractivity contribution in [3.8, 4) is 11.5 Å². The molecule has 0 spiro atoms. The van der Waals surface area contributed by atoms with Crippen molar-refractivity contribution in [2.24, 2.45) is 5.92 Å². The van der Waals surface area contributed by atoms with Gasteiger partial charge in [-0.05, 0) is 37.6 Å². The molecule has 2 aliphatic rings. The lowest BCUT2D eigenvalue weighted by molar-refractivity contribution is 0.0883. The maximum atomic E-state index is 12.2. The first-order valence-corrected chi connectivity index (χ1v) is 6.72. The monoisotopic (exact) mass is 261 g/mol. The Kier molecular flexibility index (Phi) is 2.97. The number of hydrogen-bond acceptors (Lipinski definition) is 4. The first-order chi connectivity index (χ1) is 9.10. The molecule has 1 aliphatic carbocycles. The molecule has 0 amide bonds. The number of methoxy groups -OCH3 is 1. The van der Waals surface area contributed by atoms with Gasteiger partial charge >= 0.3 is 0 Å². The molecule has 1 aliphatic heterocycles. The van der Waals surface area contributed by atoms with Gasteiger partial charge in [0.05, 0.1) is 12.7 Å². The summed E-state index contributed by atoms with van der Waals surface area (Å²) >= 11 is 0. The number of aromatic hydroxyl groups is 1. The van der Waals surface area contributed by atoms with Gasteiger partial charge in [-0.15, -0.1) is 0 Å². The van der Waals surface area contributed by atoms with Crippen LogP contribution in [0.25, 0.3) is 0 Å². The van der Waals surface area contributed by atoms with Gasteiger partial charge in [0.2, 0.25) is 0 Å². The van der Waals surface area contributed by atoms with Gasteiger partial charge in [0.15, 0.2) is 5.78 Å². The Hall–Kier alpha value is -1.55.